The lowest BCUT2D eigenvalue weighted by Crippen LogP contribution is -2.18. The minimum absolute atomic E-state index is 0.135. The van der Waals surface area contributed by atoms with Crippen molar-refractivity contribution in [2.24, 2.45) is 0 Å². The Morgan fingerprint density at radius 2 is 2.06 bits per heavy atom. The van der Waals surface area contributed by atoms with Gasteiger partial charge in [-0.3, -0.25) is 0 Å². The lowest BCUT2D eigenvalue weighted by molar-refractivity contribution is 0.0169. The van der Waals surface area contributed by atoms with E-state index in [0.29, 0.717) is 23.3 Å². The molecule has 4 nitrogen and oxygen atoms in total. The van der Waals surface area contributed by atoms with Gasteiger partial charge in [0.05, 0.1) is 19.8 Å². The Bertz CT molecular complexity index is 356. The van der Waals surface area contributed by atoms with Crippen molar-refractivity contribution in [1.29, 1.82) is 0 Å². The largest absolute Gasteiger partial charge is 0.496 e. The van der Waals surface area contributed by atoms with Gasteiger partial charge in [-0.15, -0.1) is 11.6 Å². The predicted octanol–water partition coefficient (Wildman–Crippen LogP) is 1.21. The zero-order valence-electron chi connectivity index (χ0n) is 9.64. The summed E-state index contributed by atoms with van der Waals surface area (Å²) in [7, 11) is 1.49. The van der Waals surface area contributed by atoms with Gasteiger partial charge in [-0.2, -0.15) is 0 Å². The minimum Gasteiger partial charge on any atom is -0.496 e. The van der Waals surface area contributed by atoms with E-state index in [4.69, 9.17) is 21.4 Å². The first-order valence-electron chi connectivity index (χ1n) is 5.33. The summed E-state index contributed by atoms with van der Waals surface area (Å²) in [5, 5.41) is 28.6. The summed E-state index contributed by atoms with van der Waals surface area (Å²) in [5.74, 6) is 0.770. The number of hydrogen-bond acceptors (Lipinski definition) is 4. The van der Waals surface area contributed by atoms with Crippen LogP contribution in [-0.4, -0.2) is 34.4 Å². The molecule has 0 aromatic heterocycles. The first kappa shape index (κ1) is 14.3. The van der Waals surface area contributed by atoms with Gasteiger partial charge >= 0.3 is 0 Å². The van der Waals surface area contributed by atoms with Crippen LogP contribution in [0.25, 0.3) is 0 Å². The summed E-state index contributed by atoms with van der Waals surface area (Å²) >= 11 is 5.51. The van der Waals surface area contributed by atoms with Gasteiger partial charge in [0, 0.05) is 11.4 Å². The molecule has 0 fully saturated rings. The normalized spacial score (nSPS) is 14.4. The third kappa shape index (κ3) is 3.57. The van der Waals surface area contributed by atoms with E-state index in [1.54, 1.807) is 18.2 Å². The number of methoxy groups -OCH3 is 1. The van der Waals surface area contributed by atoms with Crippen molar-refractivity contribution in [3.63, 3.8) is 0 Å². The highest BCUT2D eigenvalue weighted by molar-refractivity contribution is 6.17. The molecule has 3 N–H and O–H groups in total. The van der Waals surface area contributed by atoms with Crippen LogP contribution in [0.5, 0.6) is 5.75 Å². The van der Waals surface area contributed by atoms with Crippen LogP contribution >= 0.6 is 11.6 Å². The van der Waals surface area contributed by atoms with E-state index in [-0.39, 0.29) is 12.5 Å². The van der Waals surface area contributed by atoms with Gasteiger partial charge in [-0.25, -0.2) is 0 Å². The number of aliphatic hydroxyl groups excluding tert-OH is 3. The Morgan fingerprint density at radius 1 is 1.35 bits per heavy atom. The second-order valence-electron chi connectivity index (χ2n) is 3.72. The fourth-order valence-electron chi connectivity index (χ4n) is 1.57. The van der Waals surface area contributed by atoms with Crippen LogP contribution in [0, 0.1) is 0 Å². The quantitative estimate of drug-likeness (QED) is 0.673. The highest BCUT2D eigenvalue weighted by Crippen LogP contribution is 2.26. The Hall–Kier alpha value is -0.810. The van der Waals surface area contributed by atoms with E-state index >= 15 is 0 Å². The summed E-state index contributed by atoms with van der Waals surface area (Å²) in [6.07, 6.45) is -1.60. The van der Waals surface area contributed by atoms with Gasteiger partial charge in [0.15, 0.2) is 0 Å². The highest BCUT2D eigenvalue weighted by Gasteiger charge is 2.19. The molecule has 0 amide bonds. The van der Waals surface area contributed by atoms with Crippen LogP contribution in [0.2, 0.25) is 0 Å². The zero-order chi connectivity index (χ0) is 12.8. The van der Waals surface area contributed by atoms with Crippen molar-refractivity contribution in [1.82, 2.24) is 0 Å². The average molecular weight is 261 g/mol. The monoisotopic (exact) mass is 260 g/mol. The van der Waals surface area contributed by atoms with Crippen LogP contribution in [-0.2, 0) is 6.61 Å². The molecule has 1 aromatic carbocycles. The third-order valence-electron chi connectivity index (χ3n) is 2.59. The number of hydrogen-bond donors (Lipinski definition) is 3. The molecular weight excluding hydrogens is 244 g/mol. The van der Waals surface area contributed by atoms with Crippen molar-refractivity contribution in [3.8, 4) is 5.75 Å². The average Bonchev–Trinajstić information content (AvgIpc) is 2.37. The number of ether oxygens (including phenoxy) is 1. The van der Waals surface area contributed by atoms with Gasteiger partial charge in [-0.1, -0.05) is 12.1 Å². The Labute approximate surface area is 105 Å². The molecule has 0 saturated carbocycles. The summed E-state index contributed by atoms with van der Waals surface area (Å²) < 4.78 is 5.09. The molecule has 0 radical (unpaired) electrons. The molecule has 1 rings (SSSR count). The number of alkyl halides is 1. The number of halogens is 1. The first-order valence-corrected chi connectivity index (χ1v) is 5.87. The second-order valence-corrected chi connectivity index (χ2v) is 4.10. The lowest BCUT2D eigenvalue weighted by Gasteiger charge is -2.18. The summed E-state index contributed by atoms with van der Waals surface area (Å²) in [6.45, 7) is -0.135. The van der Waals surface area contributed by atoms with Crippen molar-refractivity contribution in [2.75, 3.05) is 13.0 Å². The number of benzene rings is 1. The molecule has 2 atom stereocenters. The SMILES string of the molecule is COc1cc(C(O)C(O)CCCl)ccc1CO. The van der Waals surface area contributed by atoms with Crippen LogP contribution in [0.3, 0.4) is 0 Å². The highest BCUT2D eigenvalue weighted by atomic mass is 35.5. The summed E-state index contributed by atoms with van der Waals surface area (Å²) in [5.41, 5.74) is 1.17. The molecule has 0 aliphatic heterocycles. The summed E-state index contributed by atoms with van der Waals surface area (Å²) in [6, 6.07) is 4.91. The van der Waals surface area contributed by atoms with E-state index < -0.39 is 12.2 Å². The predicted molar refractivity (Wildman–Crippen MR) is 65.2 cm³/mol. The topological polar surface area (TPSA) is 69.9 Å². The second kappa shape index (κ2) is 6.81. The maximum absolute atomic E-state index is 9.88. The van der Waals surface area contributed by atoms with Crippen molar-refractivity contribution >= 4 is 11.6 Å². The van der Waals surface area contributed by atoms with E-state index in [2.05, 4.69) is 0 Å². The molecular formula is C12H17ClO4. The number of aliphatic hydroxyl groups is 3. The van der Waals surface area contributed by atoms with Crippen LogP contribution in [0.15, 0.2) is 18.2 Å². The maximum Gasteiger partial charge on any atom is 0.124 e. The molecule has 1 aromatic rings. The van der Waals surface area contributed by atoms with Crippen molar-refractivity contribution < 1.29 is 20.1 Å². The molecule has 0 spiro atoms. The molecule has 5 heteroatoms. The van der Waals surface area contributed by atoms with E-state index in [9.17, 15) is 10.2 Å². The summed E-state index contributed by atoms with van der Waals surface area (Å²) in [4.78, 5) is 0. The standard InChI is InChI=1S/C12H17ClO4/c1-17-11-6-8(2-3-9(11)7-14)12(16)10(15)4-5-13/h2-3,6,10,12,14-16H,4-5,7H2,1H3. The Morgan fingerprint density at radius 3 is 2.59 bits per heavy atom. The van der Waals surface area contributed by atoms with Gasteiger partial charge in [0.2, 0.25) is 0 Å². The molecule has 2 unspecified atom stereocenters. The maximum atomic E-state index is 9.88. The molecule has 0 aliphatic carbocycles. The van der Waals surface area contributed by atoms with E-state index in [1.807, 2.05) is 0 Å². The molecule has 17 heavy (non-hydrogen) atoms. The third-order valence-corrected chi connectivity index (χ3v) is 2.81. The van der Waals surface area contributed by atoms with Crippen LogP contribution in [0.4, 0.5) is 0 Å². The molecule has 0 bridgehead atoms. The van der Waals surface area contributed by atoms with Crippen LogP contribution < -0.4 is 4.74 Å². The Balaban J connectivity index is 2.91. The van der Waals surface area contributed by atoms with E-state index in [1.165, 1.54) is 7.11 Å². The van der Waals surface area contributed by atoms with Crippen molar-refractivity contribution in [2.45, 2.75) is 25.2 Å². The fraction of sp³-hybridized carbons (Fsp3) is 0.500. The van der Waals surface area contributed by atoms with Gasteiger partial charge < -0.3 is 20.1 Å². The Kier molecular flexibility index (Phi) is 5.71. The lowest BCUT2D eigenvalue weighted by atomic mass is 10.0. The molecule has 0 aliphatic rings. The van der Waals surface area contributed by atoms with Crippen LogP contribution in [0.1, 0.15) is 23.7 Å². The molecule has 96 valence electrons. The smallest absolute Gasteiger partial charge is 0.124 e. The minimum atomic E-state index is -1.00. The van der Waals surface area contributed by atoms with Gasteiger partial charge in [-0.05, 0) is 18.1 Å². The van der Waals surface area contributed by atoms with Gasteiger partial charge in [0.1, 0.15) is 11.9 Å². The fourth-order valence-corrected chi connectivity index (χ4v) is 1.79. The van der Waals surface area contributed by atoms with Gasteiger partial charge in [0.25, 0.3) is 0 Å². The van der Waals surface area contributed by atoms with Crippen molar-refractivity contribution in [3.05, 3.63) is 29.3 Å². The molecule has 0 saturated heterocycles. The van der Waals surface area contributed by atoms with E-state index in [0.717, 1.165) is 0 Å². The number of rotatable bonds is 6. The zero-order valence-corrected chi connectivity index (χ0v) is 10.4. The first-order chi connectivity index (χ1) is 8.13. The molecule has 0 heterocycles.